The molecule has 108 valence electrons. The second kappa shape index (κ2) is 8.65. The highest BCUT2D eigenvalue weighted by molar-refractivity contribution is 8.00. The number of thioether (sulfide) groups is 1. The fourth-order valence-electron chi connectivity index (χ4n) is 1.52. The molecule has 0 amide bonds. The summed E-state index contributed by atoms with van der Waals surface area (Å²) in [7, 11) is 1.77. The summed E-state index contributed by atoms with van der Waals surface area (Å²) in [5.74, 6) is 2.74. The smallest absolute Gasteiger partial charge is 0.191 e. The van der Waals surface area contributed by atoms with Gasteiger partial charge in [-0.1, -0.05) is 11.8 Å². The third-order valence-corrected chi connectivity index (χ3v) is 4.53. The Bertz CT molecular complexity index is 496. The van der Waals surface area contributed by atoms with Crippen molar-refractivity contribution in [3.63, 3.8) is 0 Å². The number of nitrogens with one attached hydrogen (secondary N) is 2. The molecule has 0 saturated heterocycles. The maximum atomic E-state index is 5.26. The van der Waals surface area contributed by atoms with Gasteiger partial charge in [-0.15, -0.1) is 11.3 Å². The molecule has 0 unspecified atom stereocenters. The topological polar surface area (TPSA) is 62.5 Å². The zero-order valence-corrected chi connectivity index (χ0v) is 13.0. The van der Waals surface area contributed by atoms with E-state index in [1.807, 2.05) is 23.7 Å². The number of furan rings is 1. The van der Waals surface area contributed by atoms with Gasteiger partial charge in [0, 0.05) is 30.9 Å². The highest BCUT2D eigenvalue weighted by Crippen LogP contribution is 2.20. The summed E-state index contributed by atoms with van der Waals surface area (Å²) < 4.78 is 6.39. The van der Waals surface area contributed by atoms with Crippen LogP contribution in [0.1, 0.15) is 12.2 Å². The maximum Gasteiger partial charge on any atom is 0.191 e. The first kappa shape index (κ1) is 14.9. The lowest BCUT2D eigenvalue weighted by Crippen LogP contribution is -2.37. The van der Waals surface area contributed by atoms with Gasteiger partial charge in [0.25, 0.3) is 0 Å². The zero-order chi connectivity index (χ0) is 14.0. The summed E-state index contributed by atoms with van der Waals surface area (Å²) in [6, 6.07) is 3.81. The molecular weight excluding hydrogens is 292 g/mol. The summed E-state index contributed by atoms with van der Waals surface area (Å²) in [6.07, 6.45) is 4.57. The fraction of sp³-hybridized carbons (Fsp3) is 0.385. The van der Waals surface area contributed by atoms with Crippen molar-refractivity contribution in [3.05, 3.63) is 35.7 Å². The van der Waals surface area contributed by atoms with Crippen LogP contribution in [0.15, 0.2) is 43.7 Å². The first-order valence-electron chi connectivity index (χ1n) is 6.37. The van der Waals surface area contributed by atoms with Crippen LogP contribution in [-0.4, -0.2) is 30.3 Å². The van der Waals surface area contributed by atoms with Gasteiger partial charge < -0.3 is 15.1 Å². The number of hydrogen-bond acceptors (Lipinski definition) is 5. The molecule has 0 aliphatic rings. The monoisotopic (exact) mass is 310 g/mol. The van der Waals surface area contributed by atoms with E-state index in [1.165, 1.54) is 0 Å². The van der Waals surface area contributed by atoms with Gasteiger partial charge in [-0.25, -0.2) is 4.98 Å². The van der Waals surface area contributed by atoms with Gasteiger partial charge in [-0.3, -0.25) is 4.99 Å². The molecule has 2 heterocycles. The molecule has 0 fully saturated rings. The van der Waals surface area contributed by atoms with E-state index in [2.05, 4.69) is 20.6 Å². The molecular formula is C13H18N4OS2. The van der Waals surface area contributed by atoms with Crippen molar-refractivity contribution in [2.75, 3.05) is 19.3 Å². The van der Waals surface area contributed by atoms with Crippen molar-refractivity contribution in [2.45, 2.75) is 17.3 Å². The molecule has 0 atom stereocenters. The van der Waals surface area contributed by atoms with Crippen LogP contribution in [0.4, 0.5) is 0 Å². The van der Waals surface area contributed by atoms with Crippen LogP contribution >= 0.6 is 23.1 Å². The predicted octanol–water partition coefficient (Wildman–Crippen LogP) is 2.58. The number of aromatic nitrogens is 1. The van der Waals surface area contributed by atoms with Crippen molar-refractivity contribution < 1.29 is 4.42 Å². The van der Waals surface area contributed by atoms with Crippen LogP contribution in [0.2, 0.25) is 0 Å². The van der Waals surface area contributed by atoms with Gasteiger partial charge in [0.2, 0.25) is 0 Å². The Morgan fingerprint density at radius 2 is 2.45 bits per heavy atom. The predicted molar refractivity (Wildman–Crippen MR) is 84.4 cm³/mol. The summed E-state index contributed by atoms with van der Waals surface area (Å²) >= 11 is 3.47. The van der Waals surface area contributed by atoms with Crippen LogP contribution < -0.4 is 10.6 Å². The summed E-state index contributed by atoms with van der Waals surface area (Å²) in [5.41, 5.74) is 0. The quantitative estimate of drug-likeness (QED) is 0.356. The standard InChI is InChI=1S/C13H18N4OS2/c1-14-12(17-10-11-4-2-7-18-11)15-5-3-8-19-13-16-6-9-20-13/h2,4,6-7,9H,3,5,8,10H2,1H3,(H2,14,15,17). The molecule has 0 saturated carbocycles. The minimum absolute atomic E-state index is 0.639. The SMILES string of the molecule is CN=C(NCCCSc1nccs1)NCc1ccco1. The lowest BCUT2D eigenvalue weighted by atomic mass is 10.4. The molecule has 7 heteroatoms. The fourth-order valence-corrected chi connectivity index (χ4v) is 3.17. The molecule has 2 aromatic heterocycles. The Labute approximate surface area is 126 Å². The first-order valence-corrected chi connectivity index (χ1v) is 8.24. The van der Waals surface area contributed by atoms with Crippen LogP contribution in [0.5, 0.6) is 0 Å². The van der Waals surface area contributed by atoms with Gasteiger partial charge in [0.05, 0.1) is 12.8 Å². The molecule has 2 aromatic rings. The van der Waals surface area contributed by atoms with Gasteiger partial charge in [0.15, 0.2) is 5.96 Å². The Balaban J connectivity index is 1.57. The third kappa shape index (κ3) is 5.26. The lowest BCUT2D eigenvalue weighted by molar-refractivity contribution is 0.501. The first-order chi connectivity index (χ1) is 9.88. The number of rotatable bonds is 7. The second-order valence-electron chi connectivity index (χ2n) is 3.93. The van der Waals surface area contributed by atoms with Gasteiger partial charge in [0.1, 0.15) is 10.1 Å². The van der Waals surface area contributed by atoms with E-state index in [-0.39, 0.29) is 0 Å². The number of hydrogen-bond donors (Lipinski definition) is 2. The molecule has 0 bridgehead atoms. The summed E-state index contributed by atoms with van der Waals surface area (Å²) in [4.78, 5) is 8.41. The Hall–Kier alpha value is -1.47. The molecule has 2 N–H and O–H groups in total. The normalized spacial score (nSPS) is 11.6. The van der Waals surface area contributed by atoms with E-state index in [0.717, 1.165) is 34.8 Å². The van der Waals surface area contributed by atoms with E-state index in [9.17, 15) is 0 Å². The molecule has 0 aromatic carbocycles. The van der Waals surface area contributed by atoms with Gasteiger partial charge in [-0.05, 0) is 18.6 Å². The molecule has 0 spiro atoms. The van der Waals surface area contributed by atoms with Crippen molar-refractivity contribution in [2.24, 2.45) is 4.99 Å². The van der Waals surface area contributed by atoms with Crippen molar-refractivity contribution in [3.8, 4) is 0 Å². The highest BCUT2D eigenvalue weighted by Gasteiger charge is 2.00. The number of thiazole rings is 1. The molecule has 0 aliphatic heterocycles. The van der Waals surface area contributed by atoms with E-state index in [1.54, 1.807) is 36.4 Å². The minimum Gasteiger partial charge on any atom is -0.467 e. The second-order valence-corrected chi connectivity index (χ2v) is 6.17. The number of nitrogens with zero attached hydrogens (tertiary/aromatic N) is 2. The van der Waals surface area contributed by atoms with Crippen molar-refractivity contribution in [1.82, 2.24) is 15.6 Å². The van der Waals surface area contributed by atoms with E-state index in [4.69, 9.17) is 4.42 Å². The molecule has 20 heavy (non-hydrogen) atoms. The molecule has 5 nitrogen and oxygen atoms in total. The summed E-state index contributed by atoms with van der Waals surface area (Å²) in [6.45, 7) is 1.52. The summed E-state index contributed by atoms with van der Waals surface area (Å²) in [5, 5.41) is 8.48. The Morgan fingerprint density at radius 1 is 1.50 bits per heavy atom. The van der Waals surface area contributed by atoms with E-state index >= 15 is 0 Å². The Morgan fingerprint density at radius 3 is 3.15 bits per heavy atom. The van der Waals surface area contributed by atoms with Crippen LogP contribution in [-0.2, 0) is 6.54 Å². The molecule has 2 rings (SSSR count). The van der Waals surface area contributed by atoms with Gasteiger partial charge >= 0.3 is 0 Å². The van der Waals surface area contributed by atoms with Crippen LogP contribution in [0.25, 0.3) is 0 Å². The lowest BCUT2D eigenvalue weighted by Gasteiger charge is -2.10. The van der Waals surface area contributed by atoms with Crippen LogP contribution in [0.3, 0.4) is 0 Å². The zero-order valence-electron chi connectivity index (χ0n) is 11.3. The van der Waals surface area contributed by atoms with E-state index in [0.29, 0.717) is 6.54 Å². The third-order valence-electron chi connectivity index (χ3n) is 2.48. The largest absolute Gasteiger partial charge is 0.467 e. The van der Waals surface area contributed by atoms with Crippen molar-refractivity contribution in [1.29, 1.82) is 0 Å². The van der Waals surface area contributed by atoms with Crippen molar-refractivity contribution >= 4 is 29.1 Å². The molecule has 0 aliphatic carbocycles. The van der Waals surface area contributed by atoms with Crippen LogP contribution in [0, 0.1) is 0 Å². The highest BCUT2D eigenvalue weighted by atomic mass is 32.2. The number of guanidine groups is 1. The minimum atomic E-state index is 0.639. The average Bonchev–Trinajstić information content (AvgIpc) is 3.14. The molecule has 0 radical (unpaired) electrons. The average molecular weight is 310 g/mol. The van der Waals surface area contributed by atoms with E-state index < -0.39 is 0 Å². The Kier molecular flexibility index (Phi) is 6.46. The number of aliphatic imine (C=N–C) groups is 1. The maximum absolute atomic E-state index is 5.26. The van der Waals surface area contributed by atoms with Gasteiger partial charge in [-0.2, -0.15) is 0 Å².